The fraction of sp³-hybridized carbons (Fsp3) is 0.125. The van der Waals surface area contributed by atoms with Gasteiger partial charge in [0.05, 0.1) is 23.7 Å². The van der Waals surface area contributed by atoms with Gasteiger partial charge in [0.1, 0.15) is 6.04 Å². The van der Waals surface area contributed by atoms with Crippen molar-refractivity contribution in [3.63, 3.8) is 0 Å². The summed E-state index contributed by atoms with van der Waals surface area (Å²) in [6.07, 6.45) is 0.318. The zero-order chi connectivity index (χ0) is 21.1. The number of fused-ring (bicyclic) bond motifs is 2. The van der Waals surface area contributed by atoms with Crippen LogP contribution in [-0.2, 0) is 16.0 Å². The highest BCUT2D eigenvalue weighted by molar-refractivity contribution is 9.10. The number of amides is 1. The number of nitrogens with one attached hydrogen (secondary N) is 1. The lowest BCUT2D eigenvalue weighted by atomic mass is 10.0. The Morgan fingerprint density at radius 3 is 2.20 bits per heavy atom. The van der Waals surface area contributed by atoms with E-state index in [4.69, 9.17) is 4.74 Å². The van der Waals surface area contributed by atoms with E-state index in [1.807, 2.05) is 72.8 Å². The molecule has 0 bridgehead atoms. The number of esters is 1. The summed E-state index contributed by atoms with van der Waals surface area (Å²) in [4.78, 5) is 30.5. The van der Waals surface area contributed by atoms with E-state index < -0.39 is 12.0 Å². The molecule has 4 rings (SSSR count). The average molecular weight is 463 g/mol. The number of carbonyl (C=O) groups excluding carboxylic acids is 2. The standard InChI is InChI=1S/C24H19BrN2O3/c1-30-24(29)21(14-15-7-6-8-16(25)13-15)27-23(28)22-17-9-2-4-11-19(17)26-20-12-5-3-10-18(20)22/h2-13,21H,14H2,1H3,(H,27,28)/t21-/m1/s1. The van der Waals surface area contributed by atoms with Crippen LogP contribution in [0.5, 0.6) is 0 Å². The van der Waals surface area contributed by atoms with E-state index in [0.717, 1.165) is 31.8 Å². The molecule has 0 saturated heterocycles. The lowest BCUT2D eigenvalue weighted by Crippen LogP contribution is -2.43. The first-order valence-electron chi connectivity index (χ1n) is 9.47. The Labute approximate surface area is 182 Å². The highest BCUT2D eigenvalue weighted by atomic mass is 79.9. The Balaban J connectivity index is 1.75. The summed E-state index contributed by atoms with van der Waals surface area (Å²) in [5.41, 5.74) is 2.86. The second kappa shape index (κ2) is 8.63. The molecule has 0 aliphatic carbocycles. The molecule has 0 radical (unpaired) electrons. The van der Waals surface area contributed by atoms with Crippen LogP contribution >= 0.6 is 15.9 Å². The van der Waals surface area contributed by atoms with Crippen molar-refractivity contribution >= 4 is 49.6 Å². The molecule has 30 heavy (non-hydrogen) atoms. The van der Waals surface area contributed by atoms with Gasteiger partial charge in [-0.1, -0.05) is 64.5 Å². The SMILES string of the molecule is COC(=O)[C@@H](Cc1cccc(Br)c1)NC(=O)c1c2ccccc2nc2ccccc12. The number of halogens is 1. The van der Waals surface area contributed by atoms with Crippen LogP contribution < -0.4 is 5.32 Å². The van der Waals surface area contributed by atoms with Crippen LogP contribution in [-0.4, -0.2) is 30.0 Å². The normalized spacial score (nSPS) is 11.9. The molecule has 0 spiro atoms. The monoisotopic (exact) mass is 462 g/mol. The number of rotatable bonds is 5. The van der Waals surface area contributed by atoms with Crippen LogP contribution in [0.25, 0.3) is 21.8 Å². The van der Waals surface area contributed by atoms with Gasteiger partial charge in [-0.05, 0) is 29.8 Å². The Kier molecular flexibility index (Phi) is 5.77. The minimum atomic E-state index is -0.817. The topological polar surface area (TPSA) is 68.3 Å². The van der Waals surface area contributed by atoms with Crippen LogP contribution in [0.15, 0.2) is 77.3 Å². The maximum atomic E-state index is 13.4. The summed E-state index contributed by atoms with van der Waals surface area (Å²) in [6.45, 7) is 0. The maximum absolute atomic E-state index is 13.4. The van der Waals surface area contributed by atoms with Crippen molar-refractivity contribution in [3.05, 3.63) is 88.4 Å². The molecule has 1 atom stereocenters. The molecule has 1 aromatic heterocycles. The predicted molar refractivity (Wildman–Crippen MR) is 120 cm³/mol. The molecule has 0 unspecified atom stereocenters. The molecular formula is C24H19BrN2O3. The lowest BCUT2D eigenvalue weighted by Gasteiger charge is -2.18. The molecule has 0 aliphatic heterocycles. The van der Waals surface area contributed by atoms with Gasteiger partial charge < -0.3 is 10.1 Å². The van der Waals surface area contributed by atoms with E-state index in [1.54, 1.807) is 0 Å². The van der Waals surface area contributed by atoms with Gasteiger partial charge in [0.2, 0.25) is 0 Å². The van der Waals surface area contributed by atoms with E-state index in [2.05, 4.69) is 26.2 Å². The number of nitrogens with zero attached hydrogens (tertiary/aromatic N) is 1. The second-order valence-electron chi connectivity index (χ2n) is 6.90. The third kappa shape index (κ3) is 4.04. The number of hydrogen-bond donors (Lipinski definition) is 1. The van der Waals surface area contributed by atoms with Crippen LogP contribution in [0.2, 0.25) is 0 Å². The molecule has 6 heteroatoms. The Morgan fingerprint density at radius 1 is 0.967 bits per heavy atom. The minimum absolute atomic E-state index is 0.318. The molecule has 1 amide bonds. The fourth-order valence-corrected chi connectivity index (χ4v) is 4.00. The van der Waals surface area contributed by atoms with Crippen LogP contribution in [0.3, 0.4) is 0 Å². The van der Waals surface area contributed by atoms with Gasteiger partial charge in [0.15, 0.2) is 0 Å². The van der Waals surface area contributed by atoms with Crippen molar-refractivity contribution in [2.24, 2.45) is 0 Å². The van der Waals surface area contributed by atoms with Crippen molar-refractivity contribution in [3.8, 4) is 0 Å². The van der Waals surface area contributed by atoms with Crippen molar-refractivity contribution in [2.75, 3.05) is 7.11 Å². The molecule has 0 aliphatic rings. The number of methoxy groups -OCH3 is 1. The number of hydrogen-bond acceptors (Lipinski definition) is 4. The molecule has 4 aromatic rings. The number of ether oxygens (including phenoxy) is 1. The molecule has 0 fully saturated rings. The molecule has 0 saturated carbocycles. The van der Waals surface area contributed by atoms with E-state index >= 15 is 0 Å². The molecular weight excluding hydrogens is 444 g/mol. The largest absolute Gasteiger partial charge is 0.467 e. The third-order valence-corrected chi connectivity index (χ3v) is 5.43. The zero-order valence-electron chi connectivity index (χ0n) is 16.3. The number of aromatic nitrogens is 1. The summed E-state index contributed by atoms with van der Waals surface area (Å²) in [6, 6.07) is 21.8. The first kappa shape index (κ1) is 20.0. The molecule has 1 N–H and O–H groups in total. The van der Waals surface area contributed by atoms with E-state index in [0.29, 0.717) is 12.0 Å². The number of pyridine rings is 1. The second-order valence-corrected chi connectivity index (χ2v) is 7.82. The van der Waals surface area contributed by atoms with Gasteiger partial charge in [-0.3, -0.25) is 4.79 Å². The fourth-order valence-electron chi connectivity index (χ4n) is 3.55. The van der Waals surface area contributed by atoms with Crippen LogP contribution in [0.1, 0.15) is 15.9 Å². The lowest BCUT2D eigenvalue weighted by molar-refractivity contribution is -0.142. The predicted octanol–water partition coefficient (Wildman–Crippen LogP) is 4.66. The van der Waals surface area contributed by atoms with E-state index in [1.165, 1.54) is 7.11 Å². The van der Waals surface area contributed by atoms with Gasteiger partial charge in [-0.15, -0.1) is 0 Å². The van der Waals surface area contributed by atoms with Gasteiger partial charge in [-0.2, -0.15) is 0 Å². The van der Waals surface area contributed by atoms with Gasteiger partial charge in [-0.25, -0.2) is 9.78 Å². The summed E-state index contributed by atoms with van der Waals surface area (Å²) in [7, 11) is 1.32. The van der Waals surface area contributed by atoms with Gasteiger partial charge in [0.25, 0.3) is 5.91 Å². The minimum Gasteiger partial charge on any atom is -0.467 e. The Morgan fingerprint density at radius 2 is 1.60 bits per heavy atom. The molecule has 150 valence electrons. The highest BCUT2D eigenvalue weighted by Crippen LogP contribution is 2.26. The summed E-state index contributed by atoms with van der Waals surface area (Å²) < 4.78 is 5.85. The van der Waals surface area contributed by atoms with Crippen LogP contribution in [0, 0.1) is 0 Å². The Bertz CT molecular complexity index is 1200. The quantitative estimate of drug-likeness (QED) is 0.345. The third-order valence-electron chi connectivity index (χ3n) is 4.93. The van der Waals surface area contributed by atoms with Crippen LogP contribution in [0.4, 0.5) is 0 Å². The Hall–Kier alpha value is -3.25. The van der Waals surface area contributed by atoms with Crippen molar-refractivity contribution in [1.29, 1.82) is 0 Å². The van der Waals surface area contributed by atoms with Gasteiger partial charge in [0, 0.05) is 21.7 Å². The first-order chi connectivity index (χ1) is 14.6. The zero-order valence-corrected chi connectivity index (χ0v) is 17.8. The number of para-hydroxylation sites is 2. The first-order valence-corrected chi connectivity index (χ1v) is 10.3. The summed E-state index contributed by atoms with van der Waals surface area (Å²) in [5, 5.41) is 4.35. The maximum Gasteiger partial charge on any atom is 0.328 e. The van der Waals surface area contributed by atoms with E-state index in [-0.39, 0.29) is 5.91 Å². The van der Waals surface area contributed by atoms with Crippen molar-refractivity contribution in [1.82, 2.24) is 10.3 Å². The highest BCUT2D eigenvalue weighted by Gasteiger charge is 2.25. The van der Waals surface area contributed by atoms with Crippen molar-refractivity contribution in [2.45, 2.75) is 12.5 Å². The average Bonchev–Trinajstić information content (AvgIpc) is 2.76. The smallest absolute Gasteiger partial charge is 0.328 e. The van der Waals surface area contributed by atoms with Gasteiger partial charge >= 0.3 is 5.97 Å². The van der Waals surface area contributed by atoms with Crippen molar-refractivity contribution < 1.29 is 14.3 Å². The number of benzene rings is 3. The molecule has 3 aromatic carbocycles. The number of carbonyl (C=O) groups is 2. The summed E-state index contributed by atoms with van der Waals surface area (Å²) >= 11 is 3.44. The molecule has 1 heterocycles. The summed E-state index contributed by atoms with van der Waals surface area (Å²) in [5.74, 6) is -0.832. The van der Waals surface area contributed by atoms with E-state index in [9.17, 15) is 9.59 Å². The molecule has 5 nitrogen and oxygen atoms in total.